The Kier molecular flexibility index (Phi) is 8.06. The van der Waals surface area contributed by atoms with Crippen molar-refractivity contribution in [2.75, 3.05) is 0 Å². The molecule has 0 bridgehead atoms. The summed E-state index contributed by atoms with van der Waals surface area (Å²) >= 11 is 0. The third-order valence-electron chi connectivity index (χ3n) is 3.73. The van der Waals surface area contributed by atoms with Crippen molar-refractivity contribution in [1.82, 2.24) is 9.55 Å². The zero-order chi connectivity index (χ0) is 21.9. The van der Waals surface area contributed by atoms with Crippen LogP contribution in [-0.4, -0.2) is 57.0 Å². The van der Waals surface area contributed by atoms with E-state index in [2.05, 4.69) is 4.98 Å². The van der Waals surface area contributed by atoms with Crippen molar-refractivity contribution in [3.63, 3.8) is 0 Å². The minimum Gasteiger partial charge on any atom is -0.479 e. The molecular weight excluding hydrogens is 426 g/mol. The number of aryl methyl sites for hydroxylation is 1. The van der Waals surface area contributed by atoms with Crippen LogP contribution >= 0.6 is 15.4 Å². The van der Waals surface area contributed by atoms with E-state index < -0.39 is 44.6 Å². The van der Waals surface area contributed by atoms with Crippen molar-refractivity contribution >= 4 is 21.4 Å². The number of aromatic nitrogens is 2. The Balaban J connectivity index is 0.000000696. The second-order valence-corrected chi connectivity index (χ2v) is 8.67. The van der Waals surface area contributed by atoms with Crippen LogP contribution in [0.25, 0.3) is 0 Å². The third-order valence-corrected chi connectivity index (χ3v) is 4.69. The number of ether oxygens (including phenoxy) is 1. The van der Waals surface area contributed by atoms with Crippen LogP contribution in [0.15, 0.2) is 15.8 Å². The number of phosphoric acid groups is 1. The minimum atomic E-state index is -4.94. The van der Waals surface area contributed by atoms with Gasteiger partial charge in [-0.1, -0.05) is 0 Å². The van der Waals surface area contributed by atoms with Gasteiger partial charge in [-0.3, -0.25) is 18.9 Å². The fourth-order valence-corrected chi connectivity index (χ4v) is 3.23. The molecular formula is C12H20N2O12P2. The van der Waals surface area contributed by atoms with E-state index in [0.717, 1.165) is 0 Å². The smallest absolute Gasteiger partial charge is 0.466 e. The van der Waals surface area contributed by atoms with Gasteiger partial charge in [0.05, 0.1) is 6.10 Å². The predicted octanol–water partition coefficient (Wildman–Crippen LogP) is -1.38. The topological polar surface area (TPSA) is 237 Å². The van der Waals surface area contributed by atoms with Gasteiger partial charge in [0, 0.05) is 17.8 Å². The lowest BCUT2D eigenvalue weighted by Gasteiger charge is -2.20. The molecule has 1 aromatic rings. The van der Waals surface area contributed by atoms with E-state index in [-0.39, 0.29) is 12.5 Å². The normalized spacial score (nSPS) is 20.9. The number of carboxylic acid groups (broad SMARTS) is 1. The quantitative estimate of drug-likeness (QED) is 0.259. The molecule has 28 heavy (non-hydrogen) atoms. The maximum absolute atomic E-state index is 11.8. The van der Waals surface area contributed by atoms with Gasteiger partial charge in [-0.25, -0.2) is 14.2 Å². The molecule has 0 saturated heterocycles. The van der Waals surface area contributed by atoms with Crippen LogP contribution in [0.5, 0.6) is 0 Å². The van der Waals surface area contributed by atoms with Crippen molar-refractivity contribution in [1.29, 1.82) is 0 Å². The number of hydrogen-bond donors (Lipinski definition) is 7. The van der Waals surface area contributed by atoms with Crippen LogP contribution in [0.4, 0.5) is 0 Å². The standard InChI is InChI=1S/C12H17N2O8P.H3O4P/c1-6-5-14(12(18)13-9(6)15)7-2-3-8(4-7)22-11(10(16)17)23(19,20)21;1-5(2,3)4/h5,7-8,11H,2-4H2,1H3,(H,16,17)(H,13,15,18)(H2,19,20,21);(H3,1,2,3,4)/t7-,8+,11?;/m0./s1. The van der Waals surface area contributed by atoms with Crippen LogP contribution < -0.4 is 11.2 Å². The fraction of sp³-hybridized carbons (Fsp3) is 0.583. The number of aliphatic carboxylic acids is 1. The minimum absolute atomic E-state index is 0.217. The maximum Gasteiger partial charge on any atom is 0.466 e. The highest BCUT2D eigenvalue weighted by Gasteiger charge is 2.41. The van der Waals surface area contributed by atoms with E-state index in [0.29, 0.717) is 18.4 Å². The Morgan fingerprint density at radius 2 is 1.75 bits per heavy atom. The summed E-state index contributed by atoms with van der Waals surface area (Å²) in [6, 6.07) is -0.339. The zero-order valence-corrected chi connectivity index (χ0v) is 16.2. The van der Waals surface area contributed by atoms with Gasteiger partial charge in [-0.05, 0) is 26.2 Å². The summed E-state index contributed by atoms with van der Waals surface area (Å²) in [5.41, 5.74) is -0.715. The molecule has 0 radical (unpaired) electrons. The maximum atomic E-state index is 11.8. The lowest BCUT2D eigenvalue weighted by atomic mass is 10.2. The average Bonchev–Trinajstić information content (AvgIpc) is 2.94. The molecule has 1 aliphatic rings. The summed E-state index contributed by atoms with van der Waals surface area (Å²) < 4.78 is 26.4. The molecule has 1 saturated carbocycles. The lowest BCUT2D eigenvalue weighted by molar-refractivity contribution is -0.148. The van der Waals surface area contributed by atoms with Gasteiger partial charge in [-0.15, -0.1) is 0 Å². The molecule has 1 unspecified atom stereocenters. The summed E-state index contributed by atoms with van der Waals surface area (Å²) in [5.74, 6) is -3.96. The molecule has 2 rings (SSSR count). The van der Waals surface area contributed by atoms with Crippen LogP contribution in [0.1, 0.15) is 30.9 Å². The summed E-state index contributed by atoms with van der Waals surface area (Å²) in [4.78, 5) is 75.9. The Bertz CT molecular complexity index is 904. The Hall–Kier alpha value is -1.63. The molecule has 14 nitrogen and oxygen atoms in total. The Labute approximate surface area is 156 Å². The summed E-state index contributed by atoms with van der Waals surface area (Å²) in [5, 5.41) is 8.85. The molecule has 0 spiro atoms. The van der Waals surface area contributed by atoms with Crippen LogP contribution in [0.2, 0.25) is 0 Å². The summed E-state index contributed by atoms with van der Waals surface area (Å²) in [6.45, 7) is 1.55. The number of rotatable bonds is 5. The van der Waals surface area contributed by atoms with Gasteiger partial charge in [0.2, 0.25) is 0 Å². The molecule has 1 aliphatic carbocycles. The first-order valence-electron chi connectivity index (χ1n) is 7.63. The fourth-order valence-electron chi connectivity index (χ4n) is 2.61. The third kappa shape index (κ3) is 7.78. The van der Waals surface area contributed by atoms with E-state index in [9.17, 15) is 18.9 Å². The first-order chi connectivity index (χ1) is 12.6. The van der Waals surface area contributed by atoms with Gasteiger partial charge in [0.1, 0.15) is 0 Å². The largest absolute Gasteiger partial charge is 0.479 e. The molecule has 16 heteroatoms. The lowest BCUT2D eigenvalue weighted by Crippen LogP contribution is -2.33. The van der Waals surface area contributed by atoms with E-state index in [1.165, 1.54) is 10.8 Å². The zero-order valence-electron chi connectivity index (χ0n) is 14.4. The van der Waals surface area contributed by atoms with E-state index >= 15 is 0 Å². The molecule has 3 atom stereocenters. The van der Waals surface area contributed by atoms with Crippen LogP contribution in [0.3, 0.4) is 0 Å². The molecule has 1 heterocycles. The van der Waals surface area contributed by atoms with Gasteiger partial charge < -0.3 is 34.3 Å². The Morgan fingerprint density at radius 1 is 1.21 bits per heavy atom. The van der Waals surface area contributed by atoms with E-state index in [1.807, 2.05) is 0 Å². The second-order valence-electron chi connectivity index (χ2n) is 6.00. The highest BCUT2D eigenvalue weighted by atomic mass is 31.2. The van der Waals surface area contributed by atoms with E-state index in [1.54, 1.807) is 6.92 Å². The second kappa shape index (κ2) is 9.25. The summed E-state index contributed by atoms with van der Waals surface area (Å²) in [7, 11) is -9.58. The number of carbonyl (C=O) groups is 1. The molecule has 1 fully saturated rings. The molecule has 0 aliphatic heterocycles. The highest BCUT2D eigenvalue weighted by molar-refractivity contribution is 7.53. The van der Waals surface area contributed by atoms with Crippen molar-refractivity contribution in [2.45, 2.75) is 44.2 Å². The molecule has 0 aromatic carbocycles. The number of H-pyrrole nitrogens is 1. The average molecular weight is 446 g/mol. The first kappa shape index (κ1) is 24.4. The predicted molar refractivity (Wildman–Crippen MR) is 91.6 cm³/mol. The molecule has 0 amide bonds. The highest BCUT2D eigenvalue weighted by Crippen LogP contribution is 2.44. The molecule has 7 N–H and O–H groups in total. The number of hydrogen-bond acceptors (Lipinski definition) is 6. The number of nitrogens with zero attached hydrogens (tertiary/aromatic N) is 1. The van der Waals surface area contributed by atoms with Crippen LogP contribution in [0, 0.1) is 6.92 Å². The number of carboxylic acids is 1. The number of nitrogens with one attached hydrogen (secondary N) is 1. The monoisotopic (exact) mass is 446 g/mol. The molecule has 1 aromatic heterocycles. The van der Waals surface area contributed by atoms with Gasteiger partial charge in [0.15, 0.2) is 0 Å². The van der Waals surface area contributed by atoms with E-state index in [4.69, 9.17) is 38.9 Å². The van der Waals surface area contributed by atoms with Gasteiger partial charge >= 0.3 is 27.1 Å². The van der Waals surface area contributed by atoms with Gasteiger partial charge in [0.25, 0.3) is 11.4 Å². The van der Waals surface area contributed by atoms with Crippen molar-refractivity contribution in [3.05, 3.63) is 32.6 Å². The van der Waals surface area contributed by atoms with Crippen LogP contribution in [-0.2, 0) is 18.7 Å². The Morgan fingerprint density at radius 3 is 2.21 bits per heavy atom. The first-order valence-corrected chi connectivity index (χ1v) is 10.9. The molecule has 160 valence electrons. The number of aromatic amines is 1. The van der Waals surface area contributed by atoms with Gasteiger partial charge in [-0.2, -0.15) is 0 Å². The summed E-state index contributed by atoms with van der Waals surface area (Å²) in [6.07, 6.45) is 1.73. The SMILES string of the molecule is Cc1cn([C@H]2CC[C@@H](OC(C(=O)O)P(=O)(O)O)C2)c(=O)[nH]c1=O.O=P(O)(O)O. The van der Waals surface area contributed by atoms with Crippen molar-refractivity contribution in [3.8, 4) is 0 Å². The van der Waals surface area contributed by atoms with Crippen molar-refractivity contribution < 1.29 is 48.2 Å². The van der Waals surface area contributed by atoms with Crippen molar-refractivity contribution in [2.24, 2.45) is 0 Å².